The van der Waals surface area contributed by atoms with Crippen LogP contribution >= 0.6 is 0 Å². The molecule has 0 saturated heterocycles. The highest BCUT2D eigenvalue weighted by Gasteiger charge is 2.24. The van der Waals surface area contributed by atoms with E-state index in [4.69, 9.17) is 0 Å². The molecule has 116 valence electrons. The number of rotatable bonds is 1. The van der Waals surface area contributed by atoms with E-state index in [1.54, 1.807) is 12.2 Å². The summed E-state index contributed by atoms with van der Waals surface area (Å²) < 4.78 is 26.1. The van der Waals surface area contributed by atoms with Gasteiger partial charge in [0.05, 0.1) is 5.71 Å². The lowest BCUT2D eigenvalue weighted by molar-refractivity contribution is -0.116. The van der Waals surface area contributed by atoms with Crippen LogP contribution in [0.15, 0.2) is 58.8 Å². The molecule has 0 spiro atoms. The molecule has 1 N–H and O–H groups in total. The fourth-order valence-corrected chi connectivity index (χ4v) is 2.46. The quantitative estimate of drug-likeness (QED) is 0.866. The second-order valence-corrected chi connectivity index (χ2v) is 5.28. The van der Waals surface area contributed by atoms with E-state index < -0.39 is 17.5 Å². The minimum Gasteiger partial charge on any atom is -0.325 e. The molecule has 2 aliphatic rings. The number of benzene rings is 1. The van der Waals surface area contributed by atoms with Gasteiger partial charge in [0.1, 0.15) is 0 Å². The molecule has 1 unspecified atom stereocenters. The van der Waals surface area contributed by atoms with Crippen LogP contribution in [-0.4, -0.2) is 17.5 Å². The summed E-state index contributed by atoms with van der Waals surface area (Å²) in [7, 11) is 0. The molecule has 1 aromatic carbocycles. The predicted molar refractivity (Wildman–Crippen MR) is 80.7 cm³/mol. The molecule has 0 bridgehead atoms. The molecule has 0 saturated carbocycles. The first-order valence-electron chi connectivity index (χ1n) is 6.91. The Balaban J connectivity index is 1.88. The maximum atomic E-state index is 13.2. The third kappa shape index (κ3) is 3.01. The number of allylic oxidation sites excluding steroid dienone is 3. The number of amides is 2. The summed E-state index contributed by atoms with van der Waals surface area (Å²) in [5.74, 6) is -3.09. The van der Waals surface area contributed by atoms with Crippen molar-refractivity contribution >= 4 is 17.5 Å². The van der Waals surface area contributed by atoms with Crippen LogP contribution in [0, 0.1) is 17.6 Å². The Kier molecular flexibility index (Phi) is 3.73. The van der Waals surface area contributed by atoms with Gasteiger partial charge in [-0.3, -0.25) is 9.59 Å². The Hall–Kier alpha value is -2.89. The Morgan fingerprint density at radius 3 is 2.74 bits per heavy atom. The number of nitrogens with one attached hydrogen (secondary N) is 1. The number of carbonyl (C=O) groups is 2. The van der Waals surface area contributed by atoms with Crippen molar-refractivity contribution < 1.29 is 18.4 Å². The number of hydrogen-bond donors (Lipinski definition) is 1. The highest BCUT2D eigenvalue weighted by Crippen LogP contribution is 2.26. The normalized spacial score (nSPS) is 21.4. The first kappa shape index (κ1) is 15.0. The molecule has 23 heavy (non-hydrogen) atoms. The van der Waals surface area contributed by atoms with E-state index in [9.17, 15) is 18.4 Å². The van der Waals surface area contributed by atoms with E-state index in [1.165, 1.54) is 12.1 Å². The van der Waals surface area contributed by atoms with Gasteiger partial charge in [-0.15, -0.1) is 0 Å². The van der Waals surface area contributed by atoms with Gasteiger partial charge in [-0.2, -0.15) is 0 Å². The topological polar surface area (TPSA) is 58.5 Å². The summed E-state index contributed by atoms with van der Waals surface area (Å²) in [6.45, 7) is 1.84. The van der Waals surface area contributed by atoms with Gasteiger partial charge >= 0.3 is 0 Å². The molecule has 1 atom stereocenters. The fourth-order valence-electron chi connectivity index (χ4n) is 2.46. The van der Waals surface area contributed by atoms with Gasteiger partial charge in [0.2, 0.25) is 5.91 Å². The minimum atomic E-state index is -1.10. The smallest absolute Gasteiger partial charge is 0.277 e. The molecular formula is C17H12F2N2O2. The second-order valence-electron chi connectivity index (χ2n) is 5.28. The molecule has 0 aromatic heterocycles. The van der Waals surface area contributed by atoms with Crippen LogP contribution in [0.25, 0.3) is 0 Å². The van der Waals surface area contributed by atoms with Crippen molar-refractivity contribution in [1.29, 1.82) is 0 Å². The Morgan fingerprint density at radius 2 is 2.00 bits per heavy atom. The number of hydrogen-bond acceptors (Lipinski definition) is 2. The molecule has 1 heterocycles. The van der Waals surface area contributed by atoms with Crippen molar-refractivity contribution in [1.82, 2.24) is 5.32 Å². The monoisotopic (exact) mass is 314 g/mol. The standard InChI is InChI=1S/C17H12F2N2O2/c1-9-6-16(22)21-15-8-11(3-4-12(9)15)20-17(23)10-2-5-13(18)14(19)7-10/h2-8,12H,1H3,(H,21,22). The van der Waals surface area contributed by atoms with E-state index in [1.807, 2.05) is 13.0 Å². The molecule has 6 heteroatoms. The molecule has 4 nitrogen and oxygen atoms in total. The summed E-state index contributed by atoms with van der Waals surface area (Å²) in [5.41, 5.74) is 1.81. The molecular weight excluding hydrogens is 302 g/mol. The van der Waals surface area contributed by atoms with Crippen molar-refractivity contribution in [2.24, 2.45) is 10.9 Å². The average molecular weight is 314 g/mol. The lowest BCUT2D eigenvalue weighted by Gasteiger charge is -2.25. The Bertz CT molecular complexity index is 835. The van der Waals surface area contributed by atoms with Gasteiger partial charge in [-0.1, -0.05) is 11.6 Å². The Morgan fingerprint density at radius 1 is 1.22 bits per heavy atom. The van der Waals surface area contributed by atoms with Gasteiger partial charge in [0, 0.05) is 23.3 Å². The van der Waals surface area contributed by atoms with Crippen LogP contribution in [0.1, 0.15) is 17.3 Å². The lowest BCUT2D eigenvalue weighted by atomic mass is 9.89. The fraction of sp³-hybridized carbons (Fsp3) is 0.118. The maximum Gasteiger partial charge on any atom is 0.277 e. The average Bonchev–Trinajstić information content (AvgIpc) is 2.49. The summed E-state index contributed by atoms with van der Waals surface area (Å²) >= 11 is 0. The predicted octanol–water partition coefficient (Wildman–Crippen LogP) is 2.69. The molecule has 1 aromatic rings. The zero-order chi connectivity index (χ0) is 16.6. The summed E-state index contributed by atoms with van der Waals surface area (Å²) in [5, 5.41) is 2.70. The van der Waals surface area contributed by atoms with Crippen molar-refractivity contribution in [2.75, 3.05) is 0 Å². The van der Waals surface area contributed by atoms with E-state index in [0.29, 0.717) is 11.4 Å². The zero-order valence-electron chi connectivity index (χ0n) is 12.1. The number of halogens is 2. The highest BCUT2D eigenvalue weighted by atomic mass is 19.2. The van der Waals surface area contributed by atoms with Crippen molar-refractivity contribution in [2.45, 2.75) is 6.92 Å². The van der Waals surface area contributed by atoms with Gasteiger partial charge in [0.15, 0.2) is 11.6 Å². The van der Waals surface area contributed by atoms with Crippen LogP contribution in [0.3, 0.4) is 0 Å². The second kappa shape index (κ2) is 5.72. The van der Waals surface area contributed by atoms with Crippen molar-refractivity contribution in [3.8, 4) is 0 Å². The van der Waals surface area contributed by atoms with Crippen LogP contribution in [0.4, 0.5) is 8.78 Å². The largest absolute Gasteiger partial charge is 0.325 e. The van der Waals surface area contributed by atoms with Crippen LogP contribution in [0.2, 0.25) is 0 Å². The first-order valence-corrected chi connectivity index (χ1v) is 6.91. The number of aliphatic imine (C=N–C) groups is 1. The van der Waals surface area contributed by atoms with E-state index in [-0.39, 0.29) is 17.4 Å². The summed E-state index contributed by atoms with van der Waals surface area (Å²) in [6, 6.07) is 2.85. The molecule has 2 amide bonds. The summed E-state index contributed by atoms with van der Waals surface area (Å²) in [6.07, 6.45) is 6.58. The Labute approximate surface area is 130 Å². The van der Waals surface area contributed by atoms with Crippen molar-refractivity contribution in [3.05, 3.63) is 71.0 Å². The lowest BCUT2D eigenvalue weighted by Crippen LogP contribution is -2.32. The molecule has 3 rings (SSSR count). The van der Waals surface area contributed by atoms with E-state index >= 15 is 0 Å². The van der Waals surface area contributed by atoms with Gasteiger partial charge < -0.3 is 5.32 Å². The third-order valence-corrected chi connectivity index (χ3v) is 3.61. The minimum absolute atomic E-state index is 0.0471. The van der Waals surface area contributed by atoms with Crippen molar-refractivity contribution in [3.63, 3.8) is 0 Å². The number of carbonyl (C=O) groups excluding carboxylic acids is 2. The first-order chi connectivity index (χ1) is 10.9. The molecule has 0 radical (unpaired) electrons. The van der Waals surface area contributed by atoms with E-state index in [0.717, 1.165) is 17.7 Å². The van der Waals surface area contributed by atoms with Crippen LogP contribution in [0.5, 0.6) is 0 Å². The zero-order valence-corrected chi connectivity index (χ0v) is 12.1. The molecule has 0 fully saturated rings. The van der Waals surface area contributed by atoms with Gasteiger partial charge in [-0.05, 0) is 37.3 Å². The van der Waals surface area contributed by atoms with E-state index in [2.05, 4.69) is 10.3 Å². The maximum absolute atomic E-state index is 13.2. The summed E-state index contributed by atoms with van der Waals surface area (Å²) in [4.78, 5) is 27.4. The number of nitrogens with zero attached hydrogens (tertiary/aromatic N) is 1. The molecule has 1 aliphatic heterocycles. The number of fused-ring (bicyclic) bond motifs is 1. The highest BCUT2D eigenvalue weighted by molar-refractivity contribution is 6.14. The van der Waals surface area contributed by atoms with Gasteiger partial charge in [-0.25, -0.2) is 13.8 Å². The third-order valence-electron chi connectivity index (χ3n) is 3.61. The van der Waals surface area contributed by atoms with Crippen LogP contribution < -0.4 is 5.32 Å². The SMILES string of the molecule is CC1=CC(=O)NC2=CC(=NC(=O)c3ccc(F)c(F)c3)C=CC12. The van der Waals surface area contributed by atoms with Crippen LogP contribution in [-0.2, 0) is 4.79 Å². The molecule has 1 aliphatic carbocycles. The van der Waals surface area contributed by atoms with Gasteiger partial charge in [0.25, 0.3) is 5.91 Å².